The molecule has 1 N–H and O–H groups in total. The fourth-order valence-corrected chi connectivity index (χ4v) is 1.67. The summed E-state index contributed by atoms with van der Waals surface area (Å²) < 4.78 is 0. The Bertz CT molecular complexity index is 246. The maximum atomic E-state index is 4.05. The molecule has 0 spiro atoms. The van der Waals surface area contributed by atoms with Crippen LogP contribution in [0.2, 0.25) is 0 Å². The molecular formula is C12H20N2. The molecule has 14 heavy (non-hydrogen) atoms. The van der Waals surface area contributed by atoms with Crippen molar-refractivity contribution < 1.29 is 0 Å². The van der Waals surface area contributed by atoms with Gasteiger partial charge >= 0.3 is 0 Å². The van der Waals surface area contributed by atoms with Crippen molar-refractivity contribution in [3.05, 3.63) is 30.1 Å². The Morgan fingerprint density at radius 2 is 1.93 bits per heavy atom. The van der Waals surface area contributed by atoms with Gasteiger partial charge in [-0.3, -0.25) is 4.98 Å². The molecule has 2 heteroatoms. The number of aromatic nitrogens is 1. The first-order valence-corrected chi connectivity index (χ1v) is 5.42. The largest absolute Gasteiger partial charge is 0.310 e. The Labute approximate surface area is 86.8 Å². The molecule has 0 saturated heterocycles. The molecule has 0 aliphatic carbocycles. The molecule has 0 amide bonds. The molecule has 1 aromatic rings. The number of nitrogens with one attached hydrogen (secondary N) is 1. The van der Waals surface area contributed by atoms with Crippen LogP contribution >= 0.6 is 0 Å². The minimum atomic E-state index is 0.466. The Morgan fingerprint density at radius 1 is 1.29 bits per heavy atom. The third kappa shape index (κ3) is 2.81. The van der Waals surface area contributed by atoms with Crippen LogP contribution in [0.3, 0.4) is 0 Å². The van der Waals surface area contributed by atoms with E-state index in [2.05, 4.69) is 43.2 Å². The number of pyridine rings is 1. The fraction of sp³-hybridized carbons (Fsp3) is 0.583. The molecule has 1 rings (SSSR count). The predicted octanol–water partition coefficient (Wildman–Crippen LogP) is 2.78. The maximum Gasteiger partial charge on any atom is 0.0346 e. The van der Waals surface area contributed by atoms with Crippen molar-refractivity contribution in [3.8, 4) is 0 Å². The summed E-state index contributed by atoms with van der Waals surface area (Å²) in [5.74, 6) is 0.664. The summed E-state index contributed by atoms with van der Waals surface area (Å²) in [6, 6.07) is 4.66. The summed E-state index contributed by atoms with van der Waals surface area (Å²) in [5, 5.41) is 3.52. The summed E-state index contributed by atoms with van der Waals surface area (Å²) in [4.78, 5) is 4.05. The predicted molar refractivity (Wildman–Crippen MR) is 60.1 cm³/mol. The second kappa shape index (κ2) is 5.76. The third-order valence-corrected chi connectivity index (χ3v) is 2.70. The second-order valence-electron chi connectivity index (χ2n) is 3.70. The van der Waals surface area contributed by atoms with E-state index in [0.717, 1.165) is 6.54 Å². The van der Waals surface area contributed by atoms with E-state index >= 15 is 0 Å². The molecular weight excluding hydrogens is 172 g/mol. The van der Waals surface area contributed by atoms with Crippen molar-refractivity contribution in [2.45, 2.75) is 33.2 Å². The number of rotatable bonds is 5. The summed E-state index contributed by atoms with van der Waals surface area (Å²) in [7, 11) is 0. The number of hydrogen-bond acceptors (Lipinski definition) is 2. The van der Waals surface area contributed by atoms with Crippen LogP contribution in [0.5, 0.6) is 0 Å². The zero-order valence-electron chi connectivity index (χ0n) is 9.33. The van der Waals surface area contributed by atoms with Crippen LogP contribution in [0.4, 0.5) is 0 Å². The van der Waals surface area contributed by atoms with E-state index in [1.54, 1.807) is 0 Å². The van der Waals surface area contributed by atoms with Crippen LogP contribution in [-0.4, -0.2) is 11.5 Å². The maximum absolute atomic E-state index is 4.05. The molecule has 0 radical (unpaired) electrons. The van der Waals surface area contributed by atoms with Gasteiger partial charge in [-0.2, -0.15) is 0 Å². The van der Waals surface area contributed by atoms with Gasteiger partial charge in [0.2, 0.25) is 0 Å². The highest BCUT2D eigenvalue weighted by atomic mass is 14.9. The van der Waals surface area contributed by atoms with Gasteiger partial charge < -0.3 is 5.32 Å². The first kappa shape index (κ1) is 11.2. The molecule has 0 saturated carbocycles. The highest BCUT2D eigenvalue weighted by Crippen LogP contribution is 2.23. The zero-order chi connectivity index (χ0) is 10.4. The molecule has 2 unspecified atom stereocenters. The van der Waals surface area contributed by atoms with Crippen molar-refractivity contribution in [1.82, 2.24) is 10.3 Å². The summed E-state index contributed by atoms with van der Waals surface area (Å²) in [6.45, 7) is 7.68. The molecule has 0 fully saturated rings. The van der Waals surface area contributed by atoms with Crippen LogP contribution in [0.15, 0.2) is 24.5 Å². The summed E-state index contributed by atoms with van der Waals surface area (Å²) in [5.41, 5.74) is 1.34. The lowest BCUT2D eigenvalue weighted by Gasteiger charge is -2.24. The minimum absolute atomic E-state index is 0.466. The fourth-order valence-electron chi connectivity index (χ4n) is 1.67. The highest BCUT2D eigenvalue weighted by molar-refractivity contribution is 5.15. The second-order valence-corrected chi connectivity index (χ2v) is 3.70. The first-order valence-electron chi connectivity index (χ1n) is 5.42. The van der Waals surface area contributed by atoms with Crippen molar-refractivity contribution in [2.75, 3.05) is 6.54 Å². The van der Waals surface area contributed by atoms with Gasteiger partial charge in [0.15, 0.2) is 0 Å². The van der Waals surface area contributed by atoms with Gasteiger partial charge in [-0.05, 0) is 30.2 Å². The lowest BCUT2D eigenvalue weighted by atomic mass is 9.93. The zero-order valence-corrected chi connectivity index (χ0v) is 9.33. The summed E-state index contributed by atoms with van der Waals surface area (Å²) in [6.07, 6.45) is 4.92. The van der Waals surface area contributed by atoms with E-state index in [1.165, 1.54) is 12.0 Å². The Morgan fingerprint density at radius 3 is 2.43 bits per heavy atom. The molecule has 2 atom stereocenters. The third-order valence-electron chi connectivity index (χ3n) is 2.70. The van der Waals surface area contributed by atoms with Gasteiger partial charge in [-0.25, -0.2) is 0 Å². The van der Waals surface area contributed by atoms with Crippen molar-refractivity contribution in [1.29, 1.82) is 0 Å². The van der Waals surface area contributed by atoms with Crippen LogP contribution in [0, 0.1) is 5.92 Å². The first-order chi connectivity index (χ1) is 6.79. The minimum Gasteiger partial charge on any atom is -0.310 e. The Kier molecular flexibility index (Phi) is 4.60. The van der Waals surface area contributed by atoms with Crippen molar-refractivity contribution in [2.24, 2.45) is 5.92 Å². The molecule has 0 aromatic carbocycles. The van der Waals surface area contributed by atoms with Gasteiger partial charge in [-0.1, -0.05) is 27.2 Å². The van der Waals surface area contributed by atoms with Crippen LogP contribution < -0.4 is 5.32 Å². The van der Waals surface area contributed by atoms with Crippen LogP contribution in [0.25, 0.3) is 0 Å². The average Bonchev–Trinajstić information content (AvgIpc) is 2.26. The smallest absolute Gasteiger partial charge is 0.0346 e. The lowest BCUT2D eigenvalue weighted by molar-refractivity contribution is 0.383. The van der Waals surface area contributed by atoms with Crippen LogP contribution in [0.1, 0.15) is 38.8 Å². The molecule has 78 valence electrons. The van der Waals surface area contributed by atoms with Gasteiger partial charge in [0, 0.05) is 18.4 Å². The van der Waals surface area contributed by atoms with E-state index < -0.39 is 0 Å². The van der Waals surface area contributed by atoms with Gasteiger partial charge in [-0.15, -0.1) is 0 Å². The topological polar surface area (TPSA) is 24.9 Å². The van der Waals surface area contributed by atoms with Gasteiger partial charge in [0.25, 0.3) is 0 Å². The normalized spacial score (nSPS) is 15.1. The van der Waals surface area contributed by atoms with Gasteiger partial charge in [0.05, 0.1) is 0 Å². The quantitative estimate of drug-likeness (QED) is 0.776. The monoisotopic (exact) mass is 192 g/mol. The molecule has 0 aliphatic heterocycles. The van der Waals surface area contributed by atoms with E-state index in [-0.39, 0.29) is 0 Å². The number of nitrogens with zero attached hydrogens (tertiary/aromatic N) is 1. The number of hydrogen-bond donors (Lipinski definition) is 1. The molecule has 0 aliphatic rings. The Hall–Kier alpha value is -0.890. The summed E-state index contributed by atoms with van der Waals surface area (Å²) >= 11 is 0. The molecule has 1 aromatic heterocycles. The van der Waals surface area contributed by atoms with Crippen molar-refractivity contribution in [3.63, 3.8) is 0 Å². The standard InChI is InChI=1S/C12H20N2/c1-4-10(3)12(14-5-2)11-6-8-13-9-7-11/h6-10,12,14H,4-5H2,1-3H3. The van der Waals surface area contributed by atoms with Crippen molar-refractivity contribution >= 4 is 0 Å². The van der Waals surface area contributed by atoms with E-state index in [1.807, 2.05) is 12.4 Å². The Balaban J connectivity index is 2.77. The average molecular weight is 192 g/mol. The highest BCUT2D eigenvalue weighted by Gasteiger charge is 2.15. The SMILES string of the molecule is CCNC(c1ccncc1)C(C)CC. The van der Waals surface area contributed by atoms with E-state index in [0.29, 0.717) is 12.0 Å². The van der Waals surface area contributed by atoms with E-state index in [4.69, 9.17) is 0 Å². The molecule has 0 bridgehead atoms. The molecule has 2 nitrogen and oxygen atoms in total. The van der Waals surface area contributed by atoms with Crippen LogP contribution in [-0.2, 0) is 0 Å². The molecule has 1 heterocycles. The lowest BCUT2D eigenvalue weighted by Crippen LogP contribution is -2.26. The van der Waals surface area contributed by atoms with Gasteiger partial charge in [0.1, 0.15) is 0 Å². The van der Waals surface area contributed by atoms with E-state index in [9.17, 15) is 0 Å².